The number of aromatic nitrogens is 4. The van der Waals surface area contributed by atoms with Crippen LogP contribution in [0.2, 0.25) is 0 Å². The quantitative estimate of drug-likeness (QED) is 0.672. The van der Waals surface area contributed by atoms with Gasteiger partial charge in [-0.2, -0.15) is 13.2 Å². The lowest BCUT2D eigenvalue weighted by Crippen LogP contribution is -2.37. The number of halogens is 3. The van der Waals surface area contributed by atoms with Crippen LogP contribution in [0.4, 0.5) is 13.2 Å². The van der Waals surface area contributed by atoms with Crippen molar-refractivity contribution < 1.29 is 17.6 Å². The van der Waals surface area contributed by atoms with Gasteiger partial charge in [0.1, 0.15) is 5.82 Å². The first-order chi connectivity index (χ1) is 12.9. The van der Waals surface area contributed by atoms with Gasteiger partial charge in [-0.1, -0.05) is 36.2 Å². The Kier molecular flexibility index (Phi) is 4.20. The summed E-state index contributed by atoms with van der Waals surface area (Å²) in [5.41, 5.74) is 2.79. The lowest BCUT2D eigenvalue weighted by atomic mass is 9.62. The van der Waals surface area contributed by atoms with Gasteiger partial charge in [0, 0.05) is 24.2 Å². The van der Waals surface area contributed by atoms with E-state index in [0.717, 1.165) is 19.3 Å². The molecule has 0 aliphatic heterocycles. The molecule has 3 aromatic rings. The first kappa shape index (κ1) is 17.6. The summed E-state index contributed by atoms with van der Waals surface area (Å²) in [6.45, 7) is 2.07. The summed E-state index contributed by atoms with van der Waals surface area (Å²) in [6, 6.07) is 8.46. The number of nitrogens with zero attached hydrogens (tertiary/aromatic N) is 4. The zero-order chi connectivity index (χ0) is 19.1. The number of hydrogen-bond acceptors (Lipinski definition) is 5. The molecule has 0 amide bonds. The smallest absolute Gasteiger partial charge is 0.413 e. The number of benzene rings is 1. The van der Waals surface area contributed by atoms with Gasteiger partial charge in [-0.3, -0.25) is 0 Å². The van der Waals surface area contributed by atoms with Gasteiger partial charge in [-0.15, -0.1) is 10.2 Å². The van der Waals surface area contributed by atoms with Gasteiger partial charge in [0.05, 0.1) is 5.56 Å². The third kappa shape index (κ3) is 3.43. The van der Waals surface area contributed by atoms with E-state index in [9.17, 15) is 13.2 Å². The van der Waals surface area contributed by atoms with Crippen molar-refractivity contribution in [1.82, 2.24) is 20.2 Å². The SMILES string of the molecule is Cc1cccc(C2(Cc3ncc(-c4nnc(C(F)(F)F)o4)cn3)CCC2)c1. The fraction of sp³-hybridized carbons (Fsp3) is 0.368. The van der Waals surface area contributed by atoms with Gasteiger partial charge in [-0.25, -0.2) is 9.97 Å². The normalized spacial score (nSPS) is 16.1. The van der Waals surface area contributed by atoms with E-state index in [0.29, 0.717) is 12.2 Å². The van der Waals surface area contributed by atoms with Crippen LogP contribution in [0.3, 0.4) is 0 Å². The van der Waals surface area contributed by atoms with Crippen molar-refractivity contribution in [2.45, 2.75) is 44.2 Å². The molecular weight excluding hydrogens is 357 g/mol. The third-order valence-corrected chi connectivity index (χ3v) is 5.06. The van der Waals surface area contributed by atoms with E-state index in [4.69, 9.17) is 0 Å². The Labute approximate surface area is 153 Å². The first-order valence-electron chi connectivity index (χ1n) is 8.65. The van der Waals surface area contributed by atoms with E-state index in [1.807, 2.05) is 0 Å². The van der Waals surface area contributed by atoms with Crippen LogP contribution in [0.15, 0.2) is 41.1 Å². The van der Waals surface area contributed by atoms with Crippen molar-refractivity contribution in [3.05, 3.63) is 59.5 Å². The van der Waals surface area contributed by atoms with Gasteiger partial charge >= 0.3 is 12.1 Å². The van der Waals surface area contributed by atoms with Gasteiger partial charge in [0.25, 0.3) is 5.89 Å². The molecular formula is C19H17F3N4O. The van der Waals surface area contributed by atoms with Crippen LogP contribution in [0, 0.1) is 6.92 Å². The fourth-order valence-electron chi connectivity index (χ4n) is 3.46. The van der Waals surface area contributed by atoms with Gasteiger partial charge < -0.3 is 4.42 Å². The standard InChI is InChI=1S/C19H17F3N4O/c1-12-4-2-5-14(8-12)18(6-3-7-18)9-15-23-10-13(11-24-15)16-25-26-17(27-16)19(20,21)22/h2,4-5,8,10-11H,3,6-7,9H2,1H3. The van der Waals surface area contributed by atoms with E-state index < -0.39 is 12.1 Å². The topological polar surface area (TPSA) is 64.7 Å². The summed E-state index contributed by atoms with van der Waals surface area (Å²) in [6.07, 6.45) is 2.18. The molecule has 1 aliphatic carbocycles. The van der Waals surface area contributed by atoms with Crippen LogP contribution < -0.4 is 0 Å². The Balaban J connectivity index is 1.55. The molecule has 4 rings (SSSR count). The molecule has 5 nitrogen and oxygen atoms in total. The molecule has 2 aromatic heterocycles. The van der Waals surface area contributed by atoms with Crippen LogP contribution in [0.25, 0.3) is 11.5 Å². The molecule has 1 fully saturated rings. The van der Waals surface area contributed by atoms with E-state index in [1.54, 1.807) is 0 Å². The molecule has 0 spiro atoms. The predicted molar refractivity (Wildman–Crippen MR) is 90.7 cm³/mol. The summed E-state index contributed by atoms with van der Waals surface area (Å²) in [5, 5.41) is 6.44. The average Bonchev–Trinajstić information content (AvgIpc) is 3.09. The van der Waals surface area contributed by atoms with Gasteiger partial charge in [0.15, 0.2) is 0 Å². The van der Waals surface area contributed by atoms with Crippen LogP contribution >= 0.6 is 0 Å². The maximum atomic E-state index is 12.6. The highest BCUT2D eigenvalue weighted by molar-refractivity contribution is 5.49. The number of hydrogen-bond donors (Lipinski definition) is 0. The molecule has 0 atom stereocenters. The van der Waals surface area contributed by atoms with Crippen molar-refractivity contribution in [3.8, 4) is 11.5 Å². The zero-order valence-electron chi connectivity index (χ0n) is 14.6. The Morgan fingerprint density at radius 1 is 1.11 bits per heavy atom. The second kappa shape index (κ2) is 6.44. The Hall–Kier alpha value is -2.77. The van der Waals surface area contributed by atoms with E-state index in [2.05, 4.69) is 55.8 Å². The highest BCUT2D eigenvalue weighted by Gasteiger charge is 2.40. The van der Waals surface area contributed by atoms with E-state index in [-0.39, 0.29) is 16.9 Å². The van der Waals surface area contributed by atoms with Crippen LogP contribution in [0.5, 0.6) is 0 Å². The minimum absolute atomic E-state index is 0.0292. The molecule has 0 radical (unpaired) electrons. The molecule has 0 bridgehead atoms. The lowest BCUT2D eigenvalue weighted by Gasteiger charge is -2.42. The zero-order valence-corrected chi connectivity index (χ0v) is 14.6. The largest absolute Gasteiger partial charge is 0.470 e. The highest BCUT2D eigenvalue weighted by Crippen LogP contribution is 2.46. The van der Waals surface area contributed by atoms with Crippen LogP contribution in [-0.2, 0) is 18.0 Å². The minimum atomic E-state index is -4.67. The minimum Gasteiger partial charge on any atom is -0.413 e. The molecule has 27 heavy (non-hydrogen) atoms. The van der Waals surface area contributed by atoms with Gasteiger partial charge in [-0.05, 0) is 25.3 Å². The molecule has 0 saturated heterocycles. The second-order valence-corrected chi connectivity index (χ2v) is 6.98. The van der Waals surface area contributed by atoms with Crippen LogP contribution in [-0.4, -0.2) is 20.2 Å². The van der Waals surface area contributed by atoms with Crippen molar-refractivity contribution >= 4 is 0 Å². The predicted octanol–water partition coefficient (Wildman–Crippen LogP) is 4.52. The Morgan fingerprint density at radius 3 is 2.41 bits per heavy atom. The monoisotopic (exact) mass is 374 g/mol. The molecule has 1 saturated carbocycles. The van der Waals surface area contributed by atoms with E-state index >= 15 is 0 Å². The maximum Gasteiger partial charge on any atom is 0.470 e. The summed E-state index contributed by atoms with van der Waals surface area (Å²) in [7, 11) is 0. The third-order valence-electron chi connectivity index (χ3n) is 5.06. The summed E-state index contributed by atoms with van der Waals surface area (Å²) in [5.74, 6) is -0.976. The molecule has 8 heteroatoms. The number of rotatable bonds is 4. The molecule has 2 heterocycles. The van der Waals surface area contributed by atoms with Crippen LogP contribution in [0.1, 0.15) is 42.1 Å². The lowest BCUT2D eigenvalue weighted by molar-refractivity contribution is -0.156. The Morgan fingerprint density at radius 2 is 1.85 bits per heavy atom. The summed E-state index contributed by atoms with van der Waals surface area (Å²) >= 11 is 0. The first-order valence-corrected chi connectivity index (χ1v) is 8.65. The maximum absolute atomic E-state index is 12.6. The van der Waals surface area contributed by atoms with Crippen molar-refractivity contribution in [2.75, 3.05) is 0 Å². The molecule has 1 aromatic carbocycles. The fourth-order valence-corrected chi connectivity index (χ4v) is 3.46. The highest BCUT2D eigenvalue weighted by atomic mass is 19.4. The molecule has 140 valence electrons. The van der Waals surface area contributed by atoms with E-state index in [1.165, 1.54) is 23.5 Å². The number of aryl methyl sites for hydroxylation is 1. The summed E-state index contributed by atoms with van der Waals surface area (Å²) in [4.78, 5) is 8.64. The molecule has 1 aliphatic rings. The van der Waals surface area contributed by atoms with Crippen molar-refractivity contribution in [2.24, 2.45) is 0 Å². The Bertz CT molecular complexity index is 946. The molecule has 0 N–H and O–H groups in total. The average molecular weight is 374 g/mol. The number of alkyl halides is 3. The second-order valence-electron chi connectivity index (χ2n) is 6.98. The summed E-state index contributed by atoms with van der Waals surface area (Å²) < 4.78 is 42.4. The van der Waals surface area contributed by atoms with Gasteiger partial charge in [0.2, 0.25) is 0 Å². The van der Waals surface area contributed by atoms with Crippen molar-refractivity contribution in [3.63, 3.8) is 0 Å². The molecule has 0 unspecified atom stereocenters. The van der Waals surface area contributed by atoms with Crippen molar-refractivity contribution in [1.29, 1.82) is 0 Å².